The maximum Gasteiger partial charge on any atom is 0.329 e. The number of carbonyl (C=O) groups excluding carboxylic acids is 2. The number of hydrogen-bond donors (Lipinski definition) is 2. The Morgan fingerprint density at radius 2 is 1.65 bits per heavy atom. The van der Waals surface area contributed by atoms with E-state index in [4.69, 9.17) is 14.2 Å². The largest absolute Gasteiger partial charge is 0.497 e. The first-order valence-electron chi connectivity index (χ1n) is 7.58. The van der Waals surface area contributed by atoms with Gasteiger partial charge in [0.1, 0.15) is 17.2 Å². The van der Waals surface area contributed by atoms with Gasteiger partial charge in [-0.3, -0.25) is 9.59 Å². The Bertz CT molecular complexity index is 820. The van der Waals surface area contributed by atoms with Crippen LogP contribution in [-0.4, -0.2) is 39.4 Å². The molecule has 0 aliphatic carbocycles. The van der Waals surface area contributed by atoms with Crippen LogP contribution in [0.15, 0.2) is 47.6 Å². The molecular formula is C18H19N3O5. The van der Waals surface area contributed by atoms with Gasteiger partial charge in [0.2, 0.25) is 0 Å². The van der Waals surface area contributed by atoms with Gasteiger partial charge < -0.3 is 19.5 Å². The molecule has 2 aromatic rings. The Balaban J connectivity index is 1.97. The van der Waals surface area contributed by atoms with Crippen molar-refractivity contribution in [2.75, 3.05) is 26.6 Å². The second-order valence-corrected chi connectivity index (χ2v) is 5.00. The van der Waals surface area contributed by atoms with Gasteiger partial charge in [-0.25, -0.2) is 5.43 Å². The summed E-state index contributed by atoms with van der Waals surface area (Å²) in [7, 11) is 4.51. The van der Waals surface area contributed by atoms with Gasteiger partial charge in [0.25, 0.3) is 0 Å². The molecule has 2 aromatic carbocycles. The van der Waals surface area contributed by atoms with Crippen LogP contribution < -0.4 is 25.0 Å². The van der Waals surface area contributed by atoms with Gasteiger partial charge in [-0.2, -0.15) is 5.10 Å². The number of nitrogens with zero attached hydrogens (tertiary/aromatic N) is 1. The number of amides is 2. The number of nitrogens with one attached hydrogen (secondary N) is 2. The third-order valence-electron chi connectivity index (χ3n) is 3.34. The minimum atomic E-state index is -0.915. The van der Waals surface area contributed by atoms with Crippen molar-refractivity contribution in [3.8, 4) is 17.2 Å². The number of benzene rings is 2. The first-order valence-corrected chi connectivity index (χ1v) is 7.58. The number of anilines is 1. The molecule has 0 unspecified atom stereocenters. The van der Waals surface area contributed by atoms with Crippen molar-refractivity contribution in [1.82, 2.24) is 5.43 Å². The van der Waals surface area contributed by atoms with E-state index in [0.717, 1.165) is 0 Å². The van der Waals surface area contributed by atoms with Crippen molar-refractivity contribution in [3.63, 3.8) is 0 Å². The van der Waals surface area contributed by atoms with E-state index in [0.29, 0.717) is 28.5 Å². The van der Waals surface area contributed by atoms with Crippen molar-refractivity contribution in [1.29, 1.82) is 0 Å². The Morgan fingerprint density at radius 1 is 0.923 bits per heavy atom. The van der Waals surface area contributed by atoms with Gasteiger partial charge in [0.05, 0.1) is 33.2 Å². The molecular weight excluding hydrogens is 338 g/mol. The minimum absolute atomic E-state index is 0.338. The van der Waals surface area contributed by atoms with E-state index < -0.39 is 11.8 Å². The number of methoxy groups -OCH3 is 3. The van der Waals surface area contributed by atoms with Crippen LogP contribution >= 0.6 is 0 Å². The molecule has 8 nitrogen and oxygen atoms in total. The lowest BCUT2D eigenvalue weighted by molar-refractivity contribution is -0.136. The smallest absolute Gasteiger partial charge is 0.329 e. The number of hydrogen-bond acceptors (Lipinski definition) is 6. The van der Waals surface area contributed by atoms with Crippen molar-refractivity contribution in [2.24, 2.45) is 5.10 Å². The fourth-order valence-corrected chi connectivity index (χ4v) is 2.02. The van der Waals surface area contributed by atoms with E-state index in [1.54, 1.807) is 49.6 Å². The molecule has 0 spiro atoms. The summed E-state index contributed by atoms with van der Waals surface area (Å²) in [5.41, 5.74) is 3.21. The molecule has 0 heterocycles. The summed E-state index contributed by atoms with van der Waals surface area (Å²) >= 11 is 0. The zero-order valence-electron chi connectivity index (χ0n) is 14.6. The van der Waals surface area contributed by atoms with Crippen LogP contribution in [0.3, 0.4) is 0 Å². The van der Waals surface area contributed by atoms with E-state index in [1.807, 2.05) is 0 Å². The average Bonchev–Trinajstić information content (AvgIpc) is 2.68. The Hall–Kier alpha value is -3.55. The maximum absolute atomic E-state index is 12.0. The number of rotatable bonds is 6. The molecule has 2 amide bonds. The fourth-order valence-electron chi connectivity index (χ4n) is 2.02. The standard InChI is InChI=1S/C18H19N3O5/c1-24-13-6-4-5-12(9-13)11-19-21-18(23)17(22)20-15-8-7-14(25-2)10-16(15)26-3/h4-11H,1-3H3,(H,20,22)(H,21,23)/b19-11+. The lowest BCUT2D eigenvalue weighted by Gasteiger charge is -2.10. The number of hydrazone groups is 1. The molecule has 0 fully saturated rings. The number of ether oxygens (including phenoxy) is 3. The van der Waals surface area contributed by atoms with Crippen molar-refractivity contribution >= 4 is 23.7 Å². The summed E-state index contributed by atoms with van der Waals surface area (Å²) in [5.74, 6) is -0.208. The highest BCUT2D eigenvalue weighted by atomic mass is 16.5. The van der Waals surface area contributed by atoms with Crippen LogP contribution in [0.25, 0.3) is 0 Å². The predicted octanol–water partition coefficient (Wildman–Crippen LogP) is 1.80. The van der Waals surface area contributed by atoms with Crippen LogP contribution in [0.5, 0.6) is 17.2 Å². The highest BCUT2D eigenvalue weighted by molar-refractivity contribution is 6.39. The summed E-state index contributed by atoms with van der Waals surface area (Å²) in [6.45, 7) is 0. The van der Waals surface area contributed by atoms with E-state index in [1.165, 1.54) is 20.4 Å². The maximum atomic E-state index is 12.0. The van der Waals surface area contributed by atoms with E-state index >= 15 is 0 Å². The van der Waals surface area contributed by atoms with Crippen molar-refractivity contribution in [2.45, 2.75) is 0 Å². The molecule has 0 saturated carbocycles. The summed E-state index contributed by atoms with van der Waals surface area (Å²) < 4.78 is 15.3. The third-order valence-corrected chi connectivity index (χ3v) is 3.34. The average molecular weight is 357 g/mol. The topological polar surface area (TPSA) is 98.2 Å². The van der Waals surface area contributed by atoms with Crippen LogP contribution in [0.4, 0.5) is 5.69 Å². The monoisotopic (exact) mass is 357 g/mol. The quantitative estimate of drug-likeness (QED) is 0.467. The molecule has 0 aliphatic rings. The molecule has 2 rings (SSSR count). The first-order chi connectivity index (χ1) is 12.6. The van der Waals surface area contributed by atoms with Gasteiger partial charge in [-0.05, 0) is 29.8 Å². The Morgan fingerprint density at radius 3 is 2.35 bits per heavy atom. The fraction of sp³-hybridized carbons (Fsp3) is 0.167. The molecule has 8 heteroatoms. The van der Waals surface area contributed by atoms with Crippen LogP contribution in [-0.2, 0) is 9.59 Å². The predicted molar refractivity (Wildman–Crippen MR) is 96.9 cm³/mol. The molecule has 0 radical (unpaired) electrons. The molecule has 26 heavy (non-hydrogen) atoms. The molecule has 0 atom stereocenters. The minimum Gasteiger partial charge on any atom is -0.497 e. The summed E-state index contributed by atoms with van der Waals surface area (Å²) in [5, 5.41) is 6.21. The normalized spacial score (nSPS) is 10.3. The van der Waals surface area contributed by atoms with E-state index in [-0.39, 0.29) is 0 Å². The van der Waals surface area contributed by atoms with Gasteiger partial charge >= 0.3 is 11.8 Å². The second kappa shape index (κ2) is 9.07. The highest BCUT2D eigenvalue weighted by Gasteiger charge is 2.15. The Labute approximate surface area is 150 Å². The highest BCUT2D eigenvalue weighted by Crippen LogP contribution is 2.28. The molecule has 136 valence electrons. The van der Waals surface area contributed by atoms with Gasteiger partial charge in [0.15, 0.2) is 0 Å². The van der Waals surface area contributed by atoms with E-state index in [2.05, 4.69) is 15.8 Å². The lowest BCUT2D eigenvalue weighted by Crippen LogP contribution is -2.32. The molecule has 2 N–H and O–H groups in total. The lowest BCUT2D eigenvalue weighted by atomic mass is 10.2. The van der Waals surface area contributed by atoms with Crippen LogP contribution in [0, 0.1) is 0 Å². The number of carbonyl (C=O) groups is 2. The summed E-state index contributed by atoms with van der Waals surface area (Å²) in [6.07, 6.45) is 1.40. The van der Waals surface area contributed by atoms with Gasteiger partial charge in [-0.15, -0.1) is 0 Å². The zero-order valence-corrected chi connectivity index (χ0v) is 14.6. The third kappa shape index (κ3) is 4.97. The molecule has 0 aliphatic heterocycles. The molecule has 0 aromatic heterocycles. The summed E-state index contributed by atoms with van der Waals surface area (Å²) in [6, 6.07) is 11.9. The Kier molecular flexibility index (Phi) is 6.55. The zero-order chi connectivity index (χ0) is 18.9. The second-order valence-electron chi connectivity index (χ2n) is 5.00. The van der Waals surface area contributed by atoms with Crippen LogP contribution in [0.1, 0.15) is 5.56 Å². The van der Waals surface area contributed by atoms with Gasteiger partial charge in [0, 0.05) is 6.07 Å². The summed E-state index contributed by atoms with van der Waals surface area (Å²) in [4.78, 5) is 23.8. The van der Waals surface area contributed by atoms with Crippen molar-refractivity contribution in [3.05, 3.63) is 48.0 Å². The van der Waals surface area contributed by atoms with Crippen LogP contribution in [0.2, 0.25) is 0 Å². The molecule has 0 bridgehead atoms. The first kappa shape index (κ1) is 18.8. The SMILES string of the molecule is COc1cccc(/C=N/NC(=O)C(=O)Nc2ccc(OC)cc2OC)c1. The molecule has 0 saturated heterocycles. The van der Waals surface area contributed by atoms with E-state index in [9.17, 15) is 9.59 Å². The van der Waals surface area contributed by atoms with Crippen molar-refractivity contribution < 1.29 is 23.8 Å². The van der Waals surface area contributed by atoms with Gasteiger partial charge in [-0.1, -0.05) is 12.1 Å².